The summed E-state index contributed by atoms with van der Waals surface area (Å²) in [5, 5.41) is 1.34. The van der Waals surface area contributed by atoms with Gasteiger partial charge in [0.1, 0.15) is 16.2 Å². The van der Waals surface area contributed by atoms with Crippen LogP contribution in [0.2, 0.25) is 0 Å². The van der Waals surface area contributed by atoms with Crippen molar-refractivity contribution in [2.24, 2.45) is 4.99 Å². The Kier molecular flexibility index (Phi) is 6.90. The lowest BCUT2D eigenvalue weighted by molar-refractivity contribution is 0.481. The Labute approximate surface area is 238 Å². The van der Waals surface area contributed by atoms with E-state index in [2.05, 4.69) is 15.8 Å². The molecular formula is C30H28N2O7S2. The van der Waals surface area contributed by atoms with Gasteiger partial charge in [0.05, 0.1) is 10.3 Å². The summed E-state index contributed by atoms with van der Waals surface area (Å²) in [4.78, 5) is 5.72. The number of unbranched alkanes of at least 4 members (excludes halogenated alkanes) is 1. The van der Waals surface area contributed by atoms with Crippen molar-refractivity contribution >= 4 is 36.9 Å². The fourth-order valence-corrected chi connectivity index (χ4v) is 7.36. The van der Waals surface area contributed by atoms with Gasteiger partial charge >= 0.3 is 0 Å². The van der Waals surface area contributed by atoms with E-state index in [0.717, 1.165) is 74.1 Å². The summed E-state index contributed by atoms with van der Waals surface area (Å²) in [5.74, 6) is 3.07. The molecule has 0 saturated carbocycles. The molecular weight excluding hydrogens is 564 g/mol. The molecule has 6 rings (SSSR count). The molecule has 212 valence electrons. The van der Waals surface area contributed by atoms with E-state index in [-0.39, 0.29) is 5.56 Å². The third-order valence-electron chi connectivity index (χ3n) is 7.76. The molecule has 0 spiro atoms. The van der Waals surface area contributed by atoms with Gasteiger partial charge in [-0.25, -0.2) is 0 Å². The standard InChI is InChI=1S/C30H28N2O7S2/c1-2-3-4-13-31-20-9-11-22-26(17-20)39-30-24-8-6-15-32-14-5-7-19(29(24)32)16-25(30)28(22)23-12-10-21(40(33,34)35)18-27(23)41(36,37)38/h1,9-12,16-18H,3-8,13-15H2,(H,33,34,35)(H,36,37,38). The molecule has 0 aromatic heterocycles. The zero-order valence-electron chi connectivity index (χ0n) is 22.1. The van der Waals surface area contributed by atoms with Crippen molar-refractivity contribution in [2.75, 3.05) is 24.5 Å². The lowest BCUT2D eigenvalue weighted by Gasteiger charge is -2.37. The first-order valence-corrected chi connectivity index (χ1v) is 16.3. The van der Waals surface area contributed by atoms with Crippen LogP contribution in [0.1, 0.15) is 36.8 Å². The van der Waals surface area contributed by atoms with E-state index in [1.165, 1.54) is 6.07 Å². The van der Waals surface area contributed by atoms with Crippen LogP contribution < -0.4 is 10.3 Å². The van der Waals surface area contributed by atoms with Crippen molar-refractivity contribution in [2.45, 2.75) is 48.3 Å². The fourth-order valence-electron chi connectivity index (χ4n) is 6.05. The first-order chi connectivity index (χ1) is 19.6. The van der Waals surface area contributed by atoms with Gasteiger partial charge in [0, 0.05) is 65.4 Å². The van der Waals surface area contributed by atoms with E-state index in [1.54, 1.807) is 18.2 Å². The van der Waals surface area contributed by atoms with Gasteiger partial charge in [-0.05, 0) is 68.0 Å². The maximum absolute atomic E-state index is 12.6. The summed E-state index contributed by atoms with van der Waals surface area (Å²) < 4.78 is 75.4. The highest BCUT2D eigenvalue weighted by Crippen LogP contribution is 2.48. The summed E-state index contributed by atoms with van der Waals surface area (Å²) in [6, 6.07) is 10.6. The second-order valence-corrected chi connectivity index (χ2v) is 13.2. The van der Waals surface area contributed by atoms with Gasteiger partial charge in [-0.1, -0.05) is 6.07 Å². The number of nitrogens with zero attached hydrogens (tertiary/aromatic N) is 2. The molecule has 0 atom stereocenters. The Morgan fingerprint density at radius 2 is 1.71 bits per heavy atom. The predicted molar refractivity (Wildman–Crippen MR) is 155 cm³/mol. The second-order valence-electron chi connectivity index (χ2n) is 10.4. The average molecular weight is 593 g/mol. The normalized spacial score (nSPS) is 15.7. The van der Waals surface area contributed by atoms with Gasteiger partial charge in [-0.2, -0.15) is 16.8 Å². The number of hydrogen-bond acceptors (Lipinski definition) is 7. The van der Waals surface area contributed by atoms with Gasteiger partial charge < -0.3 is 9.32 Å². The molecule has 0 fully saturated rings. The van der Waals surface area contributed by atoms with Crippen LogP contribution in [-0.4, -0.2) is 45.6 Å². The minimum absolute atomic E-state index is 0.0973. The minimum Gasteiger partial charge on any atom is -0.456 e. The molecule has 2 aromatic rings. The molecule has 0 bridgehead atoms. The average Bonchev–Trinajstić information content (AvgIpc) is 2.93. The number of rotatable bonds is 6. The Morgan fingerprint density at radius 3 is 2.44 bits per heavy atom. The highest BCUT2D eigenvalue weighted by Gasteiger charge is 2.31. The molecule has 41 heavy (non-hydrogen) atoms. The molecule has 0 unspecified atom stereocenters. The van der Waals surface area contributed by atoms with E-state index in [0.29, 0.717) is 46.2 Å². The van der Waals surface area contributed by atoms with Crippen LogP contribution in [0.4, 0.5) is 5.69 Å². The molecule has 4 aliphatic rings. The zero-order chi connectivity index (χ0) is 28.9. The number of hydrogen-bond donors (Lipinski definition) is 2. The Bertz CT molecular complexity index is 2000. The Morgan fingerprint density at radius 1 is 0.951 bits per heavy atom. The summed E-state index contributed by atoms with van der Waals surface area (Å²) in [6.45, 7) is 2.45. The Hall–Kier alpha value is -3.69. The number of terminal acetylenes is 1. The quantitative estimate of drug-likeness (QED) is 0.142. The maximum atomic E-state index is 12.6. The molecule has 2 N–H and O–H groups in total. The molecule has 11 heteroatoms. The van der Waals surface area contributed by atoms with E-state index < -0.39 is 30.0 Å². The van der Waals surface area contributed by atoms with Crippen molar-refractivity contribution in [1.29, 1.82) is 0 Å². The third-order valence-corrected chi connectivity index (χ3v) is 9.50. The van der Waals surface area contributed by atoms with Crippen LogP contribution in [0.15, 0.2) is 61.7 Å². The van der Waals surface area contributed by atoms with E-state index in [1.807, 2.05) is 6.07 Å². The van der Waals surface area contributed by atoms with Crippen molar-refractivity contribution < 1.29 is 30.4 Å². The molecule has 2 aromatic carbocycles. The number of benzene rings is 3. The maximum Gasteiger partial charge on any atom is 0.295 e. The molecule has 3 aliphatic heterocycles. The van der Waals surface area contributed by atoms with Crippen LogP contribution in [0, 0.1) is 12.3 Å². The van der Waals surface area contributed by atoms with Crippen molar-refractivity contribution in [3.05, 3.63) is 58.9 Å². The van der Waals surface area contributed by atoms with Crippen molar-refractivity contribution in [3.63, 3.8) is 0 Å². The van der Waals surface area contributed by atoms with Gasteiger partial charge in [0.15, 0.2) is 0 Å². The van der Waals surface area contributed by atoms with Gasteiger partial charge in [0.2, 0.25) is 0 Å². The van der Waals surface area contributed by atoms with Crippen LogP contribution in [0.3, 0.4) is 0 Å². The second kappa shape index (κ2) is 10.3. The topological polar surface area (TPSA) is 137 Å². The summed E-state index contributed by atoms with van der Waals surface area (Å²) >= 11 is 0. The van der Waals surface area contributed by atoms with Crippen LogP contribution in [0.25, 0.3) is 33.4 Å². The monoisotopic (exact) mass is 592 g/mol. The third kappa shape index (κ3) is 5.02. The number of fused-ring (bicyclic) bond motifs is 3. The smallest absolute Gasteiger partial charge is 0.295 e. The first-order valence-electron chi connectivity index (χ1n) is 13.4. The molecule has 1 aliphatic carbocycles. The fraction of sp³-hybridized carbons (Fsp3) is 0.300. The van der Waals surface area contributed by atoms with Crippen LogP contribution in [0.5, 0.6) is 0 Å². The highest BCUT2D eigenvalue weighted by molar-refractivity contribution is 7.86. The lowest BCUT2D eigenvalue weighted by Crippen LogP contribution is -2.34. The van der Waals surface area contributed by atoms with E-state index >= 15 is 0 Å². The minimum atomic E-state index is -4.91. The van der Waals surface area contributed by atoms with Gasteiger partial charge in [-0.3, -0.25) is 14.1 Å². The number of aryl methyl sites for hydroxylation is 2. The van der Waals surface area contributed by atoms with Crippen molar-refractivity contribution in [3.8, 4) is 34.8 Å². The molecule has 0 amide bonds. The largest absolute Gasteiger partial charge is 0.456 e. The molecule has 0 saturated heterocycles. The molecule has 0 radical (unpaired) electrons. The van der Waals surface area contributed by atoms with E-state index in [4.69, 9.17) is 10.8 Å². The summed E-state index contributed by atoms with van der Waals surface area (Å²) in [5.41, 5.74) is 5.11. The SMILES string of the molecule is C#CCCCN=c1ccc2c(-c3ccc(S(=O)(=O)O)cc3S(=O)(=O)O)c3cc4c5c(c3oc-2c1)CCCN5CCC4. The molecule has 3 heterocycles. The number of anilines is 1. The zero-order valence-corrected chi connectivity index (χ0v) is 23.8. The molecule has 9 nitrogen and oxygen atoms in total. The summed E-state index contributed by atoms with van der Waals surface area (Å²) in [7, 11) is -9.64. The lowest BCUT2D eigenvalue weighted by atomic mass is 9.86. The summed E-state index contributed by atoms with van der Waals surface area (Å²) in [6.07, 6.45) is 10.3. The van der Waals surface area contributed by atoms with Gasteiger partial charge in [0.25, 0.3) is 20.2 Å². The predicted octanol–water partition coefficient (Wildman–Crippen LogP) is 4.71. The van der Waals surface area contributed by atoms with Crippen molar-refractivity contribution in [1.82, 2.24) is 0 Å². The van der Waals surface area contributed by atoms with Gasteiger partial charge in [-0.15, -0.1) is 12.3 Å². The van der Waals surface area contributed by atoms with Crippen LogP contribution in [-0.2, 0) is 33.1 Å². The highest BCUT2D eigenvalue weighted by atomic mass is 32.2. The first kappa shape index (κ1) is 27.5. The van der Waals surface area contributed by atoms with E-state index in [9.17, 15) is 25.9 Å². The van der Waals surface area contributed by atoms with Crippen LogP contribution >= 0.6 is 0 Å². The Balaban J connectivity index is 1.72.